The van der Waals surface area contributed by atoms with Crippen molar-refractivity contribution >= 4 is 41.1 Å². The minimum Gasteiger partial charge on any atom is -0.459 e. The molecule has 0 aliphatic rings. The zero-order valence-electron chi connectivity index (χ0n) is 10.6. The molecule has 0 atom stereocenters. The minimum atomic E-state index is -0.553. The van der Waals surface area contributed by atoms with Gasteiger partial charge in [-0.1, -0.05) is 23.2 Å². The average Bonchev–Trinajstić information content (AvgIpc) is 3.00. The third-order valence-electron chi connectivity index (χ3n) is 2.42. The van der Waals surface area contributed by atoms with Crippen molar-refractivity contribution in [2.75, 3.05) is 0 Å². The lowest BCUT2D eigenvalue weighted by molar-refractivity contribution is -0.117. The fourth-order valence-electron chi connectivity index (χ4n) is 1.44. The topological polar surface area (TPSA) is 71.3 Å². The van der Waals surface area contributed by atoms with E-state index in [1.807, 2.05) is 0 Å². The summed E-state index contributed by atoms with van der Waals surface area (Å²) in [5.41, 5.74) is 5.01. The Morgan fingerprint density at radius 2 is 1.95 bits per heavy atom. The largest absolute Gasteiger partial charge is 0.459 e. The standard InChI is InChI=1S/C14H10Cl2N2O3/c15-10-4-5-11(16)9(8-10)3-6-13(19)17-18-14(20)12-2-1-7-21-12/h1-8H,(H,17,19)(H,18,20)/b6-3+. The number of hydrogen-bond donors (Lipinski definition) is 2. The Kier molecular flexibility index (Phi) is 5.03. The molecule has 0 saturated carbocycles. The van der Waals surface area contributed by atoms with Gasteiger partial charge in [-0.15, -0.1) is 0 Å². The van der Waals surface area contributed by atoms with Gasteiger partial charge in [0.15, 0.2) is 5.76 Å². The van der Waals surface area contributed by atoms with Gasteiger partial charge in [0.05, 0.1) is 6.26 Å². The van der Waals surface area contributed by atoms with Crippen molar-refractivity contribution in [3.63, 3.8) is 0 Å². The van der Waals surface area contributed by atoms with Crippen molar-refractivity contribution in [3.8, 4) is 0 Å². The van der Waals surface area contributed by atoms with Crippen LogP contribution in [0.15, 0.2) is 47.1 Å². The lowest BCUT2D eigenvalue weighted by Crippen LogP contribution is -2.40. The van der Waals surface area contributed by atoms with Gasteiger partial charge in [0.1, 0.15) is 0 Å². The molecule has 2 N–H and O–H groups in total. The number of hydrazine groups is 1. The number of halogens is 2. The first kappa shape index (κ1) is 15.2. The van der Waals surface area contributed by atoms with Gasteiger partial charge in [-0.2, -0.15) is 0 Å². The molecule has 21 heavy (non-hydrogen) atoms. The number of furan rings is 1. The molecule has 5 nitrogen and oxygen atoms in total. The van der Waals surface area contributed by atoms with Crippen LogP contribution in [0.3, 0.4) is 0 Å². The first-order chi connectivity index (χ1) is 10.1. The molecule has 0 aliphatic heterocycles. The van der Waals surface area contributed by atoms with E-state index in [2.05, 4.69) is 10.9 Å². The van der Waals surface area contributed by atoms with Crippen LogP contribution >= 0.6 is 23.2 Å². The Hall–Kier alpha value is -2.24. The second-order valence-electron chi connectivity index (χ2n) is 3.92. The Morgan fingerprint density at radius 3 is 2.67 bits per heavy atom. The summed E-state index contributed by atoms with van der Waals surface area (Å²) in [6, 6.07) is 7.93. The summed E-state index contributed by atoms with van der Waals surface area (Å²) in [6.07, 6.45) is 4.07. The normalized spacial score (nSPS) is 10.6. The lowest BCUT2D eigenvalue weighted by Gasteiger charge is -2.03. The van der Waals surface area contributed by atoms with E-state index in [1.54, 1.807) is 24.3 Å². The molecule has 0 aliphatic carbocycles. The van der Waals surface area contributed by atoms with E-state index in [-0.39, 0.29) is 5.76 Å². The average molecular weight is 325 g/mol. The van der Waals surface area contributed by atoms with Crippen LogP contribution in [-0.2, 0) is 4.79 Å². The van der Waals surface area contributed by atoms with E-state index >= 15 is 0 Å². The molecule has 7 heteroatoms. The molecule has 0 fully saturated rings. The maximum absolute atomic E-state index is 11.6. The molecule has 1 heterocycles. The van der Waals surface area contributed by atoms with E-state index in [4.69, 9.17) is 27.6 Å². The smallest absolute Gasteiger partial charge is 0.305 e. The van der Waals surface area contributed by atoms with Crippen molar-refractivity contribution in [3.05, 3.63) is 64.0 Å². The SMILES string of the molecule is O=C(/C=C/c1cc(Cl)ccc1Cl)NNC(=O)c1ccco1. The number of carbonyl (C=O) groups is 2. The Balaban J connectivity index is 1.91. The Bertz CT molecular complexity index is 682. The van der Waals surface area contributed by atoms with Crippen molar-refractivity contribution in [1.29, 1.82) is 0 Å². The van der Waals surface area contributed by atoms with Crippen molar-refractivity contribution in [2.24, 2.45) is 0 Å². The molecule has 2 amide bonds. The number of hydrogen-bond acceptors (Lipinski definition) is 3. The van der Waals surface area contributed by atoms with Gasteiger partial charge in [0.2, 0.25) is 0 Å². The Morgan fingerprint density at radius 1 is 1.14 bits per heavy atom. The molecule has 2 rings (SSSR count). The molecule has 1 aromatic heterocycles. The quantitative estimate of drug-likeness (QED) is 0.673. The number of amides is 2. The van der Waals surface area contributed by atoms with E-state index in [9.17, 15) is 9.59 Å². The highest BCUT2D eigenvalue weighted by atomic mass is 35.5. The summed E-state index contributed by atoms with van der Waals surface area (Å²) >= 11 is 11.8. The fourth-order valence-corrected chi connectivity index (χ4v) is 1.80. The van der Waals surface area contributed by atoms with Crippen molar-refractivity contribution < 1.29 is 14.0 Å². The molecule has 0 spiro atoms. The van der Waals surface area contributed by atoms with Crippen molar-refractivity contribution in [2.45, 2.75) is 0 Å². The van der Waals surface area contributed by atoms with Crippen LogP contribution in [0.4, 0.5) is 0 Å². The molecular weight excluding hydrogens is 315 g/mol. The van der Waals surface area contributed by atoms with E-state index < -0.39 is 11.8 Å². The maximum Gasteiger partial charge on any atom is 0.305 e. The molecule has 0 saturated heterocycles. The van der Waals surface area contributed by atoms with Crippen LogP contribution in [0, 0.1) is 0 Å². The number of carbonyl (C=O) groups excluding carboxylic acids is 2. The molecule has 1 aromatic carbocycles. The van der Waals surface area contributed by atoms with Crippen LogP contribution in [-0.4, -0.2) is 11.8 Å². The summed E-state index contributed by atoms with van der Waals surface area (Å²) in [5, 5.41) is 0.966. The fraction of sp³-hybridized carbons (Fsp3) is 0. The van der Waals surface area contributed by atoms with Crippen LogP contribution in [0.1, 0.15) is 16.1 Å². The minimum absolute atomic E-state index is 0.0946. The maximum atomic E-state index is 11.6. The third-order valence-corrected chi connectivity index (χ3v) is 3.00. The lowest BCUT2D eigenvalue weighted by atomic mass is 10.2. The highest BCUT2D eigenvalue weighted by Crippen LogP contribution is 2.21. The van der Waals surface area contributed by atoms with Gasteiger partial charge in [-0.25, -0.2) is 0 Å². The molecule has 0 unspecified atom stereocenters. The Labute approximate surface area is 130 Å². The van der Waals surface area contributed by atoms with Gasteiger partial charge in [0, 0.05) is 16.1 Å². The van der Waals surface area contributed by atoms with Crippen molar-refractivity contribution in [1.82, 2.24) is 10.9 Å². The van der Waals surface area contributed by atoms with Gasteiger partial charge in [0.25, 0.3) is 5.91 Å². The number of nitrogens with one attached hydrogen (secondary N) is 2. The van der Waals surface area contributed by atoms with Crippen LogP contribution < -0.4 is 10.9 Å². The monoisotopic (exact) mass is 324 g/mol. The summed E-state index contributed by atoms with van der Waals surface area (Å²) in [5.74, 6) is -0.981. The first-order valence-electron chi connectivity index (χ1n) is 5.83. The summed E-state index contributed by atoms with van der Waals surface area (Å²) in [4.78, 5) is 23.1. The van der Waals surface area contributed by atoms with E-state index in [0.29, 0.717) is 15.6 Å². The second kappa shape index (κ2) is 6.97. The molecule has 0 radical (unpaired) electrons. The van der Waals surface area contributed by atoms with Crippen LogP contribution in [0.5, 0.6) is 0 Å². The highest BCUT2D eigenvalue weighted by molar-refractivity contribution is 6.34. The molecule has 108 valence electrons. The predicted octanol–water partition coefficient (Wildman–Crippen LogP) is 3.06. The van der Waals surface area contributed by atoms with Crippen LogP contribution in [0.25, 0.3) is 6.08 Å². The predicted molar refractivity (Wildman–Crippen MR) is 79.8 cm³/mol. The zero-order valence-corrected chi connectivity index (χ0v) is 12.1. The van der Waals surface area contributed by atoms with E-state index in [0.717, 1.165) is 0 Å². The van der Waals surface area contributed by atoms with Gasteiger partial charge in [-0.05, 0) is 42.0 Å². The van der Waals surface area contributed by atoms with Gasteiger partial charge < -0.3 is 4.42 Å². The second-order valence-corrected chi connectivity index (χ2v) is 4.76. The summed E-state index contributed by atoms with van der Waals surface area (Å²) in [7, 11) is 0. The van der Waals surface area contributed by atoms with Gasteiger partial charge >= 0.3 is 5.91 Å². The summed E-state index contributed by atoms with van der Waals surface area (Å²) in [6.45, 7) is 0. The highest BCUT2D eigenvalue weighted by Gasteiger charge is 2.08. The van der Waals surface area contributed by atoms with E-state index in [1.165, 1.54) is 24.5 Å². The zero-order chi connectivity index (χ0) is 15.2. The first-order valence-corrected chi connectivity index (χ1v) is 6.59. The summed E-state index contributed by atoms with van der Waals surface area (Å²) < 4.78 is 4.87. The van der Waals surface area contributed by atoms with Crippen LogP contribution in [0.2, 0.25) is 10.0 Å². The molecular formula is C14H10Cl2N2O3. The third kappa shape index (κ3) is 4.37. The number of rotatable bonds is 3. The molecule has 0 bridgehead atoms. The number of benzene rings is 1. The molecule has 2 aromatic rings. The van der Waals surface area contributed by atoms with Gasteiger partial charge in [-0.3, -0.25) is 20.4 Å².